The Hall–Kier alpha value is -2.54. The van der Waals surface area contributed by atoms with Crippen LogP contribution >= 0.6 is 0 Å². The third-order valence-electron chi connectivity index (χ3n) is 5.72. The predicted octanol–water partition coefficient (Wildman–Crippen LogP) is 6.58. The van der Waals surface area contributed by atoms with Crippen molar-refractivity contribution in [3.8, 4) is 17.6 Å². The molecule has 1 aliphatic heterocycles. The largest absolute Gasteiger partial charge is 0.489 e. The molecule has 1 unspecified atom stereocenters. The van der Waals surface area contributed by atoms with E-state index in [1.165, 1.54) is 17.5 Å². The highest BCUT2D eigenvalue weighted by Crippen LogP contribution is 2.51. The van der Waals surface area contributed by atoms with Gasteiger partial charge in [0.25, 0.3) is 5.97 Å². The number of aliphatic carboxylic acids is 1. The minimum atomic E-state index is -0.833. The average molecular weight is 441 g/mol. The molecule has 0 bridgehead atoms. The summed E-state index contributed by atoms with van der Waals surface area (Å²) in [5.41, 5.74) is 2.66. The average Bonchev–Trinajstić information content (AvgIpc) is 3.34. The van der Waals surface area contributed by atoms with Crippen LogP contribution in [0.25, 0.3) is 0 Å². The number of hydrogen-bond acceptors (Lipinski definition) is 3. The van der Waals surface area contributed by atoms with Gasteiger partial charge in [0.2, 0.25) is 0 Å². The summed E-state index contributed by atoms with van der Waals surface area (Å²) in [6.07, 6.45) is 13.0. The molecule has 176 valence electrons. The first-order valence-corrected chi connectivity index (χ1v) is 12.0. The normalized spacial score (nSPS) is 20.8. The van der Waals surface area contributed by atoms with Crippen LogP contribution in [0.1, 0.15) is 90.2 Å². The first-order chi connectivity index (χ1) is 15.5. The van der Waals surface area contributed by atoms with Crippen molar-refractivity contribution in [3.05, 3.63) is 41.5 Å². The molecular formula is C28H40O4. The third kappa shape index (κ3) is 8.54. The van der Waals surface area contributed by atoms with Gasteiger partial charge in [-0.15, -0.1) is 11.8 Å². The molecule has 4 heteroatoms. The first kappa shape index (κ1) is 27.5. The minimum Gasteiger partial charge on any atom is -0.489 e. The lowest BCUT2D eigenvalue weighted by Gasteiger charge is -2.14. The van der Waals surface area contributed by atoms with Crippen molar-refractivity contribution < 1.29 is 19.4 Å². The number of para-hydroxylation sites is 1. The van der Waals surface area contributed by atoms with Crippen molar-refractivity contribution >= 4 is 12.3 Å². The summed E-state index contributed by atoms with van der Waals surface area (Å²) in [7, 11) is 0. The number of ether oxygens (including phenoxy) is 1. The van der Waals surface area contributed by atoms with Gasteiger partial charge in [0, 0.05) is 31.2 Å². The van der Waals surface area contributed by atoms with Crippen LogP contribution in [0.15, 0.2) is 30.4 Å². The lowest BCUT2D eigenvalue weighted by molar-refractivity contribution is -0.134. The number of carboxylic acid groups (broad SMARTS) is 1. The fourth-order valence-corrected chi connectivity index (χ4v) is 4.35. The number of carbonyl (C=O) groups excluding carboxylic acids is 1. The van der Waals surface area contributed by atoms with Gasteiger partial charge in [-0.05, 0) is 56.4 Å². The number of hydrogen-bond donors (Lipinski definition) is 1. The molecule has 0 saturated heterocycles. The van der Waals surface area contributed by atoms with Crippen molar-refractivity contribution in [2.45, 2.75) is 91.6 Å². The van der Waals surface area contributed by atoms with Gasteiger partial charge in [0.05, 0.1) is 0 Å². The summed E-state index contributed by atoms with van der Waals surface area (Å²) < 4.78 is 6.36. The van der Waals surface area contributed by atoms with Crippen molar-refractivity contribution in [1.29, 1.82) is 0 Å². The molecule has 2 aliphatic rings. The van der Waals surface area contributed by atoms with E-state index in [9.17, 15) is 4.79 Å². The maximum atomic E-state index is 10.6. The topological polar surface area (TPSA) is 63.6 Å². The van der Waals surface area contributed by atoms with Crippen LogP contribution < -0.4 is 4.74 Å². The Labute approximate surface area is 194 Å². The molecule has 4 nitrogen and oxygen atoms in total. The van der Waals surface area contributed by atoms with Crippen LogP contribution in [0.4, 0.5) is 0 Å². The Balaban J connectivity index is 0.000000769. The Kier molecular flexibility index (Phi) is 13.1. The second-order valence-electron chi connectivity index (χ2n) is 8.24. The number of carboxylic acids is 1. The fraction of sp³-hybridized carbons (Fsp3) is 0.571. The Bertz CT molecular complexity index is 795. The molecule has 1 heterocycles. The number of allylic oxidation sites excluding steroid dienone is 2. The highest BCUT2D eigenvalue weighted by atomic mass is 16.5. The number of carbonyl (C=O) groups is 2. The SMILES string of the molecule is CC.CC#CCC(C)C/C=C/[C@H]1CC[C@@H]2Oc3c(CCCC=O)cccc3[C@@H]21.CC(=O)O. The van der Waals surface area contributed by atoms with Crippen LogP contribution in [0.2, 0.25) is 0 Å². The molecule has 1 aromatic carbocycles. The van der Waals surface area contributed by atoms with E-state index >= 15 is 0 Å². The number of benzene rings is 1. The zero-order valence-corrected chi connectivity index (χ0v) is 20.4. The zero-order chi connectivity index (χ0) is 23.9. The van der Waals surface area contributed by atoms with E-state index in [4.69, 9.17) is 14.6 Å². The molecule has 1 N–H and O–H groups in total. The Morgan fingerprint density at radius 3 is 2.69 bits per heavy atom. The van der Waals surface area contributed by atoms with E-state index < -0.39 is 5.97 Å². The number of aldehydes is 1. The number of unbranched alkanes of at least 4 members (excludes halogenated alkanes) is 1. The summed E-state index contributed by atoms with van der Waals surface area (Å²) in [5.74, 6) is 8.13. The maximum Gasteiger partial charge on any atom is 0.300 e. The molecule has 1 saturated carbocycles. The standard InChI is InChI=1S/C24H30O2.C2H4O2.C2H6/c1-3-4-9-18(2)10-7-12-19-15-16-22-23(19)21-14-8-13-20(24(21)26-22)11-5-6-17-25;1-2(3)4;1-2/h7-8,12-14,17-19,22-23H,5-6,9-11,15-16H2,1-2H3;1H3,(H,3,4);1-2H3/b12-7+;;/t18?,19-,22-,23-;;/m0../s1. The molecule has 4 atom stereocenters. The van der Waals surface area contributed by atoms with Crippen LogP contribution in [0.3, 0.4) is 0 Å². The van der Waals surface area contributed by atoms with E-state index in [0.29, 0.717) is 30.3 Å². The Morgan fingerprint density at radius 2 is 2.03 bits per heavy atom. The van der Waals surface area contributed by atoms with Crippen molar-refractivity contribution in [3.63, 3.8) is 0 Å². The van der Waals surface area contributed by atoms with Crippen LogP contribution in [0.5, 0.6) is 5.75 Å². The highest BCUT2D eigenvalue weighted by molar-refractivity contribution is 5.63. The van der Waals surface area contributed by atoms with Gasteiger partial charge in [0.1, 0.15) is 18.1 Å². The molecule has 1 aromatic rings. The number of aryl methyl sites for hydroxylation is 1. The lowest BCUT2D eigenvalue weighted by atomic mass is 9.87. The van der Waals surface area contributed by atoms with Gasteiger partial charge in [-0.2, -0.15) is 0 Å². The summed E-state index contributed by atoms with van der Waals surface area (Å²) in [5, 5.41) is 7.42. The summed E-state index contributed by atoms with van der Waals surface area (Å²) in [6.45, 7) is 9.26. The fourth-order valence-electron chi connectivity index (χ4n) is 4.35. The van der Waals surface area contributed by atoms with Crippen molar-refractivity contribution in [1.82, 2.24) is 0 Å². The second kappa shape index (κ2) is 15.3. The van der Waals surface area contributed by atoms with Gasteiger partial charge < -0.3 is 14.6 Å². The van der Waals surface area contributed by atoms with Crippen LogP contribution in [0, 0.1) is 23.7 Å². The molecular weight excluding hydrogens is 400 g/mol. The van der Waals surface area contributed by atoms with E-state index in [0.717, 1.165) is 51.1 Å². The predicted molar refractivity (Wildman–Crippen MR) is 131 cm³/mol. The smallest absolute Gasteiger partial charge is 0.300 e. The van der Waals surface area contributed by atoms with Gasteiger partial charge in [-0.3, -0.25) is 4.79 Å². The molecule has 1 fully saturated rings. The van der Waals surface area contributed by atoms with Gasteiger partial charge in [-0.1, -0.05) is 51.1 Å². The number of rotatable bonds is 8. The second-order valence-corrected chi connectivity index (χ2v) is 8.24. The summed E-state index contributed by atoms with van der Waals surface area (Å²) >= 11 is 0. The molecule has 0 spiro atoms. The molecule has 32 heavy (non-hydrogen) atoms. The van der Waals surface area contributed by atoms with Crippen molar-refractivity contribution in [2.75, 3.05) is 0 Å². The van der Waals surface area contributed by atoms with E-state index in [2.05, 4.69) is 49.1 Å². The van der Waals surface area contributed by atoms with E-state index in [1.807, 2.05) is 20.8 Å². The molecule has 0 aromatic heterocycles. The molecule has 1 aliphatic carbocycles. The van der Waals surface area contributed by atoms with Crippen LogP contribution in [-0.4, -0.2) is 23.5 Å². The van der Waals surface area contributed by atoms with Gasteiger partial charge in [-0.25, -0.2) is 0 Å². The monoisotopic (exact) mass is 440 g/mol. The van der Waals surface area contributed by atoms with E-state index in [1.54, 1.807) is 0 Å². The summed E-state index contributed by atoms with van der Waals surface area (Å²) in [4.78, 5) is 19.6. The number of fused-ring (bicyclic) bond motifs is 3. The van der Waals surface area contributed by atoms with Gasteiger partial charge in [0.15, 0.2) is 0 Å². The van der Waals surface area contributed by atoms with Gasteiger partial charge >= 0.3 is 0 Å². The molecule has 0 radical (unpaired) electrons. The Morgan fingerprint density at radius 1 is 1.31 bits per heavy atom. The highest BCUT2D eigenvalue weighted by Gasteiger charge is 2.44. The zero-order valence-electron chi connectivity index (χ0n) is 20.4. The maximum absolute atomic E-state index is 10.6. The van der Waals surface area contributed by atoms with Crippen molar-refractivity contribution in [2.24, 2.45) is 11.8 Å². The summed E-state index contributed by atoms with van der Waals surface area (Å²) in [6, 6.07) is 6.56. The molecule has 3 rings (SSSR count). The van der Waals surface area contributed by atoms with E-state index in [-0.39, 0.29) is 0 Å². The van der Waals surface area contributed by atoms with Crippen LogP contribution in [-0.2, 0) is 16.0 Å². The third-order valence-corrected chi connectivity index (χ3v) is 5.72. The first-order valence-electron chi connectivity index (χ1n) is 12.0. The molecule has 0 amide bonds. The minimum absolute atomic E-state index is 0.329. The lowest BCUT2D eigenvalue weighted by Crippen LogP contribution is -2.14. The quantitative estimate of drug-likeness (QED) is 0.215.